The van der Waals surface area contributed by atoms with Gasteiger partial charge in [-0.3, -0.25) is 4.79 Å². The molecule has 0 saturated carbocycles. The molecule has 1 amide bonds. The van der Waals surface area contributed by atoms with Crippen molar-refractivity contribution in [3.63, 3.8) is 0 Å². The van der Waals surface area contributed by atoms with Crippen molar-refractivity contribution >= 4 is 5.91 Å². The summed E-state index contributed by atoms with van der Waals surface area (Å²) in [6.07, 6.45) is 4.61. The Bertz CT molecular complexity index is 308. The monoisotopic (exact) mass is 253 g/mol. The Morgan fingerprint density at radius 2 is 2.22 bits per heavy atom. The minimum atomic E-state index is 0.0888. The summed E-state index contributed by atoms with van der Waals surface area (Å²) >= 11 is 0. The third kappa shape index (κ3) is 5.27. The summed E-state index contributed by atoms with van der Waals surface area (Å²) in [7, 11) is 2.11. The van der Waals surface area contributed by atoms with Gasteiger partial charge in [0.15, 0.2) is 0 Å². The van der Waals surface area contributed by atoms with Crippen LogP contribution in [0.3, 0.4) is 0 Å². The van der Waals surface area contributed by atoms with Gasteiger partial charge in [0.25, 0.3) is 0 Å². The maximum atomic E-state index is 11.7. The van der Waals surface area contributed by atoms with Crippen molar-refractivity contribution in [1.82, 2.24) is 10.2 Å². The molecule has 0 aromatic rings. The molecule has 4 N–H and O–H groups in total. The summed E-state index contributed by atoms with van der Waals surface area (Å²) in [6.45, 7) is 2.66. The fourth-order valence-electron chi connectivity index (χ4n) is 2.11. The molecule has 1 aliphatic rings. The van der Waals surface area contributed by atoms with E-state index in [1.165, 1.54) is 6.20 Å². The van der Waals surface area contributed by atoms with Gasteiger partial charge in [-0.15, -0.1) is 0 Å². The first-order valence-corrected chi connectivity index (χ1v) is 6.39. The quantitative estimate of drug-likeness (QED) is 0.618. The summed E-state index contributed by atoms with van der Waals surface area (Å²) in [4.78, 5) is 14.0. The number of nitrogens with one attached hydrogen (secondary N) is 2. The van der Waals surface area contributed by atoms with Gasteiger partial charge in [0.05, 0.1) is 5.70 Å². The lowest BCUT2D eigenvalue weighted by Gasteiger charge is -2.28. The third-order valence-corrected chi connectivity index (χ3v) is 3.35. The molecule has 0 spiro atoms. The predicted octanol–water partition coefficient (Wildman–Crippen LogP) is 1.06. The van der Waals surface area contributed by atoms with Crippen LogP contribution in [-0.2, 0) is 4.79 Å². The maximum absolute atomic E-state index is 11.7. The van der Waals surface area contributed by atoms with E-state index >= 15 is 0 Å². The van der Waals surface area contributed by atoms with Crippen molar-refractivity contribution in [2.75, 3.05) is 26.7 Å². The molecule has 1 aliphatic heterocycles. The fraction of sp³-hybridized carbons (Fsp3) is 0.750. The number of likely N-dealkylation sites (tertiary alicyclic amines) is 1. The highest BCUT2D eigenvalue weighted by atomic mass is 16.1. The zero-order chi connectivity index (χ0) is 13.4. The van der Waals surface area contributed by atoms with Gasteiger partial charge in [-0.25, -0.2) is 5.53 Å². The average Bonchev–Trinajstić information content (AvgIpc) is 2.37. The van der Waals surface area contributed by atoms with Gasteiger partial charge < -0.3 is 16.0 Å². The molecule has 0 aromatic heterocycles. The highest BCUT2D eigenvalue weighted by molar-refractivity contribution is 5.76. The summed E-state index contributed by atoms with van der Waals surface area (Å²) in [5.41, 5.74) is 12.6. The van der Waals surface area contributed by atoms with Crippen LogP contribution in [0.5, 0.6) is 0 Å². The Morgan fingerprint density at radius 3 is 2.78 bits per heavy atom. The van der Waals surface area contributed by atoms with Gasteiger partial charge in [0.2, 0.25) is 5.91 Å². The molecule has 1 rings (SSSR count). The van der Waals surface area contributed by atoms with Gasteiger partial charge in [0.1, 0.15) is 0 Å². The minimum absolute atomic E-state index is 0.0888. The van der Waals surface area contributed by atoms with Crippen molar-refractivity contribution in [2.24, 2.45) is 16.8 Å². The van der Waals surface area contributed by atoms with E-state index in [0.29, 0.717) is 31.0 Å². The molecule has 0 atom stereocenters. The van der Waals surface area contributed by atoms with Gasteiger partial charge in [-0.05, 0) is 38.9 Å². The van der Waals surface area contributed by atoms with Crippen LogP contribution < -0.4 is 11.1 Å². The SMILES string of the molecule is CN1CCC(CC(=O)NCC/C(=C/N)N=N)CC1. The molecule has 0 radical (unpaired) electrons. The van der Waals surface area contributed by atoms with Gasteiger partial charge >= 0.3 is 0 Å². The van der Waals surface area contributed by atoms with Gasteiger partial charge in [-0.2, -0.15) is 5.11 Å². The van der Waals surface area contributed by atoms with E-state index in [1.807, 2.05) is 0 Å². The number of nitrogens with two attached hydrogens (primary N) is 1. The second kappa shape index (κ2) is 7.81. The summed E-state index contributed by atoms with van der Waals surface area (Å²) < 4.78 is 0. The number of hydrogen-bond donors (Lipinski definition) is 3. The summed E-state index contributed by atoms with van der Waals surface area (Å²) in [5.74, 6) is 0.595. The topological polar surface area (TPSA) is 94.6 Å². The number of hydrogen-bond acceptors (Lipinski definition) is 5. The highest BCUT2D eigenvalue weighted by Crippen LogP contribution is 2.19. The van der Waals surface area contributed by atoms with Crippen molar-refractivity contribution in [1.29, 1.82) is 5.53 Å². The Hall–Kier alpha value is -1.43. The number of carbonyl (C=O) groups is 1. The van der Waals surface area contributed by atoms with Crippen LogP contribution in [-0.4, -0.2) is 37.5 Å². The molecular weight excluding hydrogens is 230 g/mol. The Balaban J connectivity index is 2.16. The van der Waals surface area contributed by atoms with E-state index in [1.54, 1.807) is 0 Å². The first kappa shape index (κ1) is 14.6. The molecule has 18 heavy (non-hydrogen) atoms. The summed E-state index contributed by atoms with van der Waals surface area (Å²) in [5, 5.41) is 6.10. The van der Waals surface area contributed by atoms with Crippen LogP contribution in [0.2, 0.25) is 0 Å². The second-order valence-electron chi connectivity index (χ2n) is 4.82. The standard InChI is InChI=1S/C12H23N5O/c1-17-6-3-10(4-7-17)8-12(18)15-5-2-11(9-13)16-14/h9-10,14H,2-8,13H2,1H3,(H,15,18)/b11-9-,16-14?. The fourth-order valence-corrected chi connectivity index (χ4v) is 2.11. The first-order valence-electron chi connectivity index (χ1n) is 6.39. The van der Waals surface area contributed by atoms with Crippen LogP contribution in [0.4, 0.5) is 0 Å². The smallest absolute Gasteiger partial charge is 0.220 e. The van der Waals surface area contributed by atoms with E-state index in [-0.39, 0.29) is 5.91 Å². The zero-order valence-corrected chi connectivity index (χ0v) is 11.0. The third-order valence-electron chi connectivity index (χ3n) is 3.35. The second-order valence-corrected chi connectivity index (χ2v) is 4.82. The Labute approximate surface area is 108 Å². The van der Waals surface area contributed by atoms with Crippen LogP contribution in [0.1, 0.15) is 25.7 Å². The molecule has 0 bridgehead atoms. The number of nitrogens with zero attached hydrogens (tertiary/aromatic N) is 2. The van der Waals surface area contributed by atoms with Crippen molar-refractivity contribution in [2.45, 2.75) is 25.7 Å². The summed E-state index contributed by atoms with van der Waals surface area (Å²) in [6, 6.07) is 0. The largest absolute Gasteiger partial charge is 0.403 e. The number of carbonyl (C=O) groups excluding carboxylic acids is 1. The van der Waals surface area contributed by atoms with Crippen LogP contribution >= 0.6 is 0 Å². The van der Waals surface area contributed by atoms with E-state index < -0.39 is 0 Å². The Kier molecular flexibility index (Phi) is 6.35. The average molecular weight is 253 g/mol. The van der Waals surface area contributed by atoms with E-state index in [0.717, 1.165) is 25.9 Å². The van der Waals surface area contributed by atoms with Crippen LogP contribution in [0.25, 0.3) is 0 Å². The number of piperidine rings is 1. The zero-order valence-electron chi connectivity index (χ0n) is 11.0. The molecule has 1 heterocycles. The molecule has 6 heteroatoms. The lowest BCUT2D eigenvalue weighted by molar-refractivity contribution is -0.122. The van der Waals surface area contributed by atoms with E-state index in [9.17, 15) is 4.79 Å². The molecule has 6 nitrogen and oxygen atoms in total. The van der Waals surface area contributed by atoms with E-state index in [2.05, 4.69) is 22.4 Å². The molecule has 1 fully saturated rings. The maximum Gasteiger partial charge on any atom is 0.220 e. The molecular formula is C12H23N5O. The van der Waals surface area contributed by atoms with Gasteiger partial charge in [0, 0.05) is 25.6 Å². The van der Waals surface area contributed by atoms with Crippen molar-refractivity contribution < 1.29 is 4.79 Å². The minimum Gasteiger partial charge on any atom is -0.403 e. The first-order chi connectivity index (χ1) is 8.65. The van der Waals surface area contributed by atoms with Gasteiger partial charge in [-0.1, -0.05) is 0 Å². The number of rotatable bonds is 6. The normalized spacial score (nSPS) is 18.6. The van der Waals surface area contributed by atoms with Crippen molar-refractivity contribution in [3.05, 3.63) is 11.9 Å². The predicted molar refractivity (Wildman–Crippen MR) is 69.9 cm³/mol. The van der Waals surface area contributed by atoms with E-state index in [4.69, 9.17) is 11.3 Å². The highest BCUT2D eigenvalue weighted by Gasteiger charge is 2.19. The molecule has 0 unspecified atom stereocenters. The number of amides is 1. The molecule has 0 aromatic carbocycles. The molecule has 102 valence electrons. The molecule has 1 saturated heterocycles. The lowest BCUT2D eigenvalue weighted by Crippen LogP contribution is -2.33. The van der Waals surface area contributed by atoms with Crippen molar-refractivity contribution in [3.8, 4) is 0 Å². The molecule has 0 aliphatic carbocycles. The Morgan fingerprint density at radius 1 is 1.56 bits per heavy atom. The van der Waals surface area contributed by atoms with Crippen LogP contribution in [0, 0.1) is 11.4 Å². The lowest BCUT2D eigenvalue weighted by atomic mass is 9.93. The van der Waals surface area contributed by atoms with Crippen LogP contribution in [0.15, 0.2) is 17.0 Å².